The molecule has 4 rings (SSSR count). The number of nitrogens with zero attached hydrogens (tertiary/aromatic N) is 2. The largest absolute Gasteiger partial charge is 0.379 e. The van der Waals surface area contributed by atoms with Gasteiger partial charge >= 0.3 is 0 Å². The molecule has 1 fully saturated rings. The van der Waals surface area contributed by atoms with Crippen LogP contribution in [0.15, 0.2) is 58.7 Å². The summed E-state index contributed by atoms with van der Waals surface area (Å²) in [6.07, 6.45) is 9.21. The van der Waals surface area contributed by atoms with Gasteiger partial charge in [-0.3, -0.25) is 14.0 Å². The lowest BCUT2D eigenvalue weighted by Gasteiger charge is -2.27. The van der Waals surface area contributed by atoms with Crippen LogP contribution in [-0.4, -0.2) is 69.0 Å². The second kappa shape index (κ2) is 9.60. The van der Waals surface area contributed by atoms with Crippen LogP contribution in [0.4, 0.5) is 0 Å². The number of amides is 1. The lowest BCUT2D eigenvalue weighted by atomic mass is 10.0. The van der Waals surface area contributed by atoms with Gasteiger partial charge < -0.3 is 10.1 Å². The van der Waals surface area contributed by atoms with Crippen molar-refractivity contribution in [1.29, 1.82) is 0 Å². The molecule has 32 heavy (non-hydrogen) atoms. The van der Waals surface area contributed by atoms with Gasteiger partial charge in [-0.15, -0.1) is 0 Å². The third kappa shape index (κ3) is 4.98. The molecule has 172 valence electrons. The zero-order valence-corrected chi connectivity index (χ0v) is 19.5. The zero-order chi connectivity index (χ0) is 22.7. The third-order valence-corrected chi connectivity index (χ3v) is 8.05. The average molecular weight is 458 g/mol. The fourth-order valence-electron chi connectivity index (χ4n) is 4.17. The molecule has 1 unspecified atom stereocenters. The minimum absolute atomic E-state index is 0.0161. The molecule has 8 heteroatoms. The molecule has 0 radical (unpaired) electrons. The molecule has 2 heterocycles. The van der Waals surface area contributed by atoms with Crippen LogP contribution in [0, 0.1) is 6.92 Å². The van der Waals surface area contributed by atoms with Crippen molar-refractivity contribution in [3.8, 4) is 0 Å². The highest BCUT2D eigenvalue weighted by Crippen LogP contribution is 2.32. The number of ether oxygens (including phenoxy) is 1. The van der Waals surface area contributed by atoms with Crippen LogP contribution in [0.1, 0.15) is 35.7 Å². The van der Waals surface area contributed by atoms with E-state index < -0.39 is 10.0 Å². The first kappa shape index (κ1) is 22.8. The molecule has 1 aromatic rings. The van der Waals surface area contributed by atoms with Gasteiger partial charge in [-0.2, -0.15) is 0 Å². The molecule has 1 atom stereocenters. The summed E-state index contributed by atoms with van der Waals surface area (Å²) >= 11 is 0. The molecule has 2 aliphatic heterocycles. The summed E-state index contributed by atoms with van der Waals surface area (Å²) in [6, 6.07) is 4.88. The quantitative estimate of drug-likeness (QED) is 0.681. The molecule has 0 saturated carbocycles. The Hall–Kier alpha value is -2.42. The van der Waals surface area contributed by atoms with Crippen LogP contribution in [0.25, 0.3) is 0 Å². The topological polar surface area (TPSA) is 79.0 Å². The maximum Gasteiger partial charge on any atom is 0.264 e. The van der Waals surface area contributed by atoms with Gasteiger partial charge in [-0.05, 0) is 55.5 Å². The Balaban J connectivity index is 1.44. The predicted molar refractivity (Wildman–Crippen MR) is 124 cm³/mol. The van der Waals surface area contributed by atoms with Gasteiger partial charge in [0.25, 0.3) is 15.9 Å². The Morgan fingerprint density at radius 2 is 2.00 bits per heavy atom. The van der Waals surface area contributed by atoms with Gasteiger partial charge in [0.15, 0.2) is 0 Å². The van der Waals surface area contributed by atoms with Crippen molar-refractivity contribution in [2.24, 2.45) is 0 Å². The molecule has 1 saturated heterocycles. The summed E-state index contributed by atoms with van der Waals surface area (Å²) in [7, 11) is -3.75. The third-order valence-electron chi connectivity index (χ3n) is 6.21. The summed E-state index contributed by atoms with van der Waals surface area (Å²) in [5.74, 6) is -0.253. The van der Waals surface area contributed by atoms with Crippen LogP contribution in [0.3, 0.4) is 0 Å². The summed E-state index contributed by atoms with van der Waals surface area (Å²) in [6.45, 7) is 8.30. The molecule has 0 aromatic heterocycles. The Kier molecular flexibility index (Phi) is 6.83. The number of benzene rings is 1. The number of nitrogens with one attached hydrogen (secondary N) is 1. The summed E-state index contributed by atoms with van der Waals surface area (Å²) in [5.41, 5.74) is 3.04. The molecule has 1 N–H and O–H groups in total. The van der Waals surface area contributed by atoms with Crippen LogP contribution >= 0.6 is 0 Å². The van der Waals surface area contributed by atoms with Crippen molar-refractivity contribution >= 4 is 15.9 Å². The van der Waals surface area contributed by atoms with Crippen LogP contribution in [-0.2, 0) is 14.8 Å². The Morgan fingerprint density at radius 3 is 2.75 bits per heavy atom. The molecular formula is C24H31N3O4S. The first-order valence-corrected chi connectivity index (χ1v) is 12.6. The van der Waals surface area contributed by atoms with E-state index in [1.165, 1.54) is 10.4 Å². The Morgan fingerprint density at radius 1 is 1.22 bits per heavy atom. The van der Waals surface area contributed by atoms with E-state index in [9.17, 15) is 13.2 Å². The van der Waals surface area contributed by atoms with Crippen molar-refractivity contribution in [3.05, 3.63) is 64.9 Å². The van der Waals surface area contributed by atoms with E-state index in [4.69, 9.17) is 4.74 Å². The number of hydrogen-bond acceptors (Lipinski definition) is 5. The molecule has 1 aromatic carbocycles. The number of carbonyl (C=O) groups excluding carboxylic acids is 1. The smallest absolute Gasteiger partial charge is 0.264 e. The minimum Gasteiger partial charge on any atom is -0.379 e. The van der Waals surface area contributed by atoms with Gasteiger partial charge in [0.1, 0.15) is 0 Å². The highest BCUT2D eigenvalue weighted by Gasteiger charge is 2.30. The van der Waals surface area contributed by atoms with Gasteiger partial charge in [-0.25, -0.2) is 8.42 Å². The van der Waals surface area contributed by atoms with Gasteiger partial charge in [-0.1, -0.05) is 24.3 Å². The number of sulfonamides is 1. The highest BCUT2D eigenvalue weighted by molar-refractivity contribution is 7.89. The second-order valence-corrected chi connectivity index (χ2v) is 10.5. The number of fused-ring (bicyclic) bond motifs is 1. The molecule has 3 aliphatic rings. The van der Waals surface area contributed by atoms with E-state index in [2.05, 4.69) is 10.2 Å². The maximum atomic E-state index is 13.4. The van der Waals surface area contributed by atoms with E-state index in [1.807, 2.05) is 25.2 Å². The van der Waals surface area contributed by atoms with E-state index in [1.54, 1.807) is 25.3 Å². The SMILES string of the molecule is Cc1ccc(C(=O)NC(C)CCN2CCOCC2)cc1S(=O)(=O)N1C=C2CC=CC=C2C1. The van der Waals surface area contributed by atoms with E-state index >= 15 is 0 Å². The number of allylic oxidation sites excluding steroid dienone is 3. The van der Waals surface area contributed by atoms with Crippen molar-refractivity contribution < 1.29 is 17.9 Å². The van der Waals surface area contributed by atoms with Crippen molar-refractivity contribution in [3.63, 3.8) is 0 Å². The highest BCUT2D eigenvalue weighted by atomic mass is 32.2. The first-order valence-electron chi connectivity index (χ1n) is 11.1. The molecule has 0 bridgehead atoms. The minimum atomic E-state index is -3.75. The first-order chi connectivity index (χ1) is 15.3. The van der Waals surface area contributed by atoms with Crippen LogP contribution in [0.5, 0.6) is 0 Å². The van der Waals surface area contributed by atoms with Crippen LogP contribution in [0.2, 0.25) is 0 Å². The molecule has 7 nitrogen and oxygen atoms in total. The monoisotopic (exact) mass is 457 g/mol. The van der Waals surface area contributed by atoms with Crippen molar-refractivity contribution in [2.75, 3.05) is 39.4 Å². The fourth-order valence-corrected chi connectivity index (χ4v) is 5.75. The summed E-state index contributed by atoms with van der Waals surface area (Å²) in [4.78, 5) is 15.3. The van der Waals surface area contributed by atoms with Gasteiger partial charge in [0.2, 0.25) is 0 Å². The molecular weight excluding hydrogens is 426 g/mol. The number of hydrogen-bond donors (Lipinski definition) is 1. The van der Waals surface area contributed by atoms with E-state index in [0.29, 0.717) is 17.7 Å². The fraction of sp³-hybridized carbons (Fsp3) is 0.458. The predicted octanol–water partition coefficient (Wildman–Crippen LogP) is 2.61. The van der Waals surface area contributed by atoms with Crippen molar-refractivity contribution in [2.45, 2.75) is 37.6 Å². The summed E-state index contributed by atoms with van der Waals surface area (Å²) in [5, 5.41) is 3.01. The standard InChI is InChI=1S/C24H31N3O4S/c1-18-7-8-20(24(28)25-19(2)9-10-26-11-13-31-14-12-26)15-23(18)32(29,30)27-16-21-5-3-4-6-22(21)17-27/h3-5,7-8,15,17,19H,6,9-14,16H2,1-2H3,(H,25,28). The lowest BCUT2D eigenvalue weighted by molar-refractivity contribution is 0.0363. The number of rotatable bonds is 7. The second-order valence-electron chi connectivity index (χ2n) is 8.63. The Bertz CT molecular complexity index is 1070. The zero-order valence-electron chi connectivity index (χ0n) is 18.7. The average Bonchev–Trinajstić information content (AvgIpc) is 3.24. The normalized spacial score (nSPS) is 19.9. The lowest BCUT2D eigenvalue weighted by Crippen LogP contribution is -2.40. The van der Waals surface area contributed by atoms with E-state index in [-0.39, 0.29) is 16.8 Å². The Labute approximate surface area is 190 Å². The van der Waals surface area contributed by atoms with E-state index in [0.717, 1.165) is 56.8 Å². The molecule has 0 spiro atoms. The number of carbonyl (C=O) groups is 1. The number of morpholine rings is 1. The van der Waals surface area contributed by atoms with Gasteiger partial charge in [0, 0.05) is 37.4 Å². The number of aryl methyl sites for hydroxylation is 1. The maximum absolute atomic E-state index is 13.4. The molecule has 1 amide bonds. The van der Waals surface area contributed by atoms with Crippen LogP contribution < -0.4 is 5.32 Å². The van der Waals surface area contributed by atoms with Gasteiger partial charge in [0.05, 0.1) is 24.7 Å². The summed E-state index contributed by atoms with van der Waals surface area (Å²) < 4.78 is 33.5. The van der Waals surface area contributed by atoms with Crippen molar-refractivity contribution in [1.82, 2.24) is 14.5 Å². The molecule has 1 aliphatic carbocycles.